The van der Waals surface area contributed by atoms with Crippen molar-refractivity contribution in [3.05, 3.63) is 40.3 Å². The van der Waals surface area contributed by atoms with Crippen molar-refractivity contribution in [1.82, 2.24) is 4.98 Å². The lowest BCUT2D eigenvalue weighted by Gasteiger charge is -2.22. The average Bonchev–Trinajstić information content (AvgIpc) is 2.60. The van der Waals surface area contributed by atoms with Crippen molar-refractivity contribution in [3.63, 3.8) is 0 Å². The van der Waals surface area contributed by atoms with E-state index in [-0.39, 0.29) is 11.8 Å². The number of hydrogen-bond donors (Lipinski definition) is 2. The predicted molar refractivity (Wildman–Crippen MR) is 86.9 cm³/mol. The summed E-state index contributed by atoms with van der Waals surface area (Å²) in [5.74, 6) is 0.435. The number of nitrogens with two attached hydrogens (primary N) is 1. The fourth-order valence-electron chi connectivity index (χ4n) is 3.16. The van der Waals surface area contributed by atoms with Gasteiger partial charge < -0.3 is 19.9 Å². The third-order valence-electron chi connectivity index (χ3n) is 4.35. The number of nitrogens with one attached hydrogen (secondary N) is 1. The van der Waals surface area contributed by atoms with E-state index in [4.69, 9.17) is 19.9 Å². The van der Waals surface area contributed by atoms with Crippen LogP contribution in [0.2, 0.25) is 0 Å². The van der Waals surface area contributed by atoms with Crippen molar-refractivity contribution in [2.75, 3.05) is 32.2 Å². The summed E-state index contributed by atoms with van der Waals surface area (Å²) in [6.45, 7) is 2.66. The molecule has 1 atom stereocenters. The van der Waals surface area contributed by atoms with Gasteiger partial charge in [-0.3, -0.25) is 0 Å². The highest BCUT2D eigenvalue weighted by Crippen LogP contribution is 2.27. The lowest BCUT2D eigenvalue weighted by molar-refractivity contribution is -0.704. The number of benzene rings is 1. The van der Waals surface area contributed by atoms with Crippen molar-refractivity contribution in [2.24, 2.45) is 0 Å². The Morgan fingerprint density at radius 3 is 3.08 bits per heavy atom. The van der Waals surface area contributed by atoms with Gasteiger partial charge in [-0.1, -0.05) is 0 Å². The second kappa shape index (κ2) is 6.26. The maximum atomic E-state index is 12.4. The third kappa shape index (κ3) is 2.88. The Morgan fingerprint density at radius 2 is 2.25 bits per heavy atom. The number of nitrogens with zero attached hydrogens (tertiary/aromatic N) is 1. The molecule has 3 heterocycles. The van der Waals surface area contributed by atoms with E-state index in [1.165, 1.54) is 0 Å². The van der Waals surface area contributed by atoms with Crippen LogP contribution in [0, 0.1) is 0 Å². The molecule has 1 saturated heterocycles. The largest absolute Gasteiger partial charge is 0.499 e. The SMILES string of the molecule is Nc1ccc2c(c1)CC[n+]1c-2cc(OC[C@@H]2COCCO2)[nH]c1=O. The molecule has 7 heteroatoms. The normalized spacial score (nSPS) is 19.4. The van der Waals surface area contributed by atoms with E-state index < -0.39 is 0 Å². The Labute approximate surface area is 139 Å². The summed E-state index contributed by atoms with van der Waals surface area (Å²) in [4.78, 5) is 15.1. The molecule has 1 aromatic heterocycles. The second-order valence-corrected chi connectivity index (χ2v) is 6.02. The monoisotopic (exact) mass is 330 g/mol. The zero-order valence-electron chi connectivity index (χ0n) is 13.3. The van der Waals surface area contributed by atoms with E-state index in [2.05, 4.69) is 4.98 Å². The number of aryl methyl sites for hydroxylation is 1. The predicted octanol–water partition coefficient (Wildman–Crippen LogP) is 0.262. The Bertz CT molecular complexity index is 812. The molecule has 0 spiro atoms. The Balaban J connectivity index is 1.62. The molecule has 0 radical (unpaired) electrons. The number of anilines is 1. The second-order valence-electron chi connectivity index (χ2n) is 6.02. The molecule has 2 aliphatic rings. The number of H-pyrrole nitrogens is 1. The molecule has 0 aliphatic carbocycles. The molecular formula is C17H20N3O4+. The summed E-state index contributed by atoms with van der Waals surface area (Å²) in [6, 6.07) is 7.63. The van der Waals surface area contributed by atoms with Crippen LogP contribution in [-0.2, 0) is 22.4 Å². The van der Waals surface area contributed by atoms with Crippen LogP contribution in [0.15, 0.2) is 29.1 Å². The number of rotatable bonds is 3. The number of hydrogen-bond acceptors (Lipinski definition) is 5. The molecule has 1 aromatic carbocycles. The average molecular weight is 330 g/mol. The lowest BCUT2D eigenvalue weighted by atomic mass is 9.97. The molecule has 7 nitrogen and oxygen atoms in total. The molecule has 126 valence electrons. The van der Waals surface area contributed by atoms with Gasteiger partial charge in [0, 0.05) is 17.7 Å². The fraction of sp³-hybridized carbons (Fsp3) is 0.412. The van der Waals surface area contributed by atoms with Crippen molar-refractivity contribution < 1.29 is 18.8 Å². The van der Waals surface area contributed by atoms with Crippen LogP contribution in [0.1, 0.15) is 5.56 Å². The summed E-state index contributed by atoms with van der Waals surface area (Å²) < 4.78 is 18.4. The van der Waals surface area contributed by atoms with Crippen LogP contribution in [0.25, 0.3) is 11.3 Å². The van der Waals surface area contributed by atoms with Gasteiger partial charge in [0.05, 0.1) is 32.4 Å². The number of ether oxygens (including phenoxy) is 3. The lowest BCUT2D eigenvalue weighted by Crippen LogP contribution is -2.55. The molecule has 0 amide bonds. The van der Waals surface area contributed by atoms with E-state index >= 15 is 0 Å². The highest BCUT2D eigenvalue weighted by atomic mass is 16.6. The van der Waals surface area contributed by atoms with E-state index in [9.17, 15) is 4.79 Å². The van der Waals surface area contributed by atoms with Gasteiger partial charge >= 0.3 is 5.69 Å². The van der Waals surface area contributed by atoms with Crippen molar-refractivity contribution in [1.29, 1.82) is 0 Å². The van der Waals surface area contributed by atoms with E-state index in [1.807, 2.05) is 24.3 Å². The van der Waals surface area contributed by atoms with Gasteiger partial charge in [-0.25, -0.2) is 0 Å². The van der Waals surface area contributed by atoms with Crippen molar-refractivity contribution in [2.45, 2.75) is 19.1 Å². The van der Waals surface area contributed by atoms with Gasteiger partial charge in [0.15, 0.2) is 0 Å². The van der Waals surface area contributed by atoms with Crippen LogP contribution >= 0.6 is 0 Å². The maximum Gasteiger partial charge on any atom is 0.499 e. The third-order valence-corrected chi connectivity index (χ3v) is 4.35. The smallest absolute Gasteiger partial charge is 0.459 e. The minimum atomic E-state index is -0.175. The maximum absolute atomic E-state index is 12.4. The molecule has 2 aliphatic heterocycles. The summed E-state index contributed by atoms with van der Waals surface area (Å²) in [5.41, 5.74) is 9.44. The first-order valence-corrected chi connectivity index (χ1v) is 8.09. The Hall–Kier alpha value is -2.38. The van der Waals surface area contributed by atoms with Crippen LogP contribution in [0.5, 0.6) is 5.88 Å². The minimum absolute atomic E-state index is 0.113. The van der Waals surface area contributed by atoms with Gasteiger partial charge in [-0.05, 0) is 23.8 Å². The summed E-state index contributed by atoms with van der Waals surface area (Å²) in [5, 5.41) is 0. The first-order valence-electron chi connectivity index (χ1n) is 8.09. The topological polar surface area (TPSA) is 90.4 Å². The molecule has 3 N–H and O–H groups in total. The quantitative estimate of drug-likeness (QED) is 0.622. The van der Waals surface area contributed by atoms with Crippen LogP contribution in [-0.4, -0.2) is 37.5 Å². The Morgan fingerprint density at radius 1 is 1.33 bits per heavy atom. The number of fused-ring (bicyclic) bond motifs is 3. The van der Waals surface area contributed by atoms with Gasteiger partial charge in [0.2, 0.25) is 0 Å². The molecular weight excluding hydrogens is 310 g/mol. The standard InChI is InChI=1S/C17H19N3O4/c18-12-1-2-14-11(7-12)3-4-20-15(14)8-16(19-17(20)21)24-10-13-9-22-5-6-23-13/h1-2,7-8,13H,3-6,9-10H2,(H2,18,19,21)/p+1/t13-/m0/s1. The Kier molecular flexibility index (Phi) is 3.95. The highest BCUT2D eigenvalue weighted by molar-refractivity contribution is 5.66. The molecule has 0 unspecified atom stereocenters. The van der Waals surface area contributed by atoms with Gasteiger partial charge in [0.1, 0.15) is 18.4 Å². The van der Waals surface area contributed by atoms with Crippen LogP contribution in [0.4, 0.5) is 5.69 Å². The van der Waals surface area contributed by atoms with Gasteiger partial charge in [0.25, 0.3) is 5.88 Å². The van der Waals surface area contributed by atoms with E-state index in [0.29, 0.717) is 38.9 Å². The van der Waals surface area contributed by atoms with E-state index in [1.54, 1.807) is 4.57 Å². The van der Waals surface area contributed by atoms with E-state index in [0.717, 1.165) is 28.9 Å². The zero-order chi connectivity index (χ0) is 16.5. The molecule has 24 heavy (non-hydrogen) atoms. The molecule has 0 bridgehead atoms. The molecule has 0 saturated carbocycles. The highest BCUT2D eigenvalue weighted by Gasteiger charge is 2.25. The molecule has 2 aromatic rings. The van der Waals surface area contributed by atoms with Gasteiger partial charge in [-0.15, -0.1) is 0 Å². The van der Waals surface area contributed by atoms with Crippen LogP contribution in [0.3, 0.4) is 0 Å². The number of aromatic nitrogens is 2. The summed E-state index contributed by atoms with van der Waals surface area (Å²) >= 11 is 0. The first kappa shape index (κ1) is 15.2. The van der Waals surface area contributed by atoms with Crippen molar-refractivity contribution in [3.8, 4) is 17.1 Å². The zero-order valence-corrected chi connectivity index (χ0v) is 13.3. The molecule has 1 fully saturated rings. The number of nitrogen functional groups attached to an aromatic ring is 1. The summed E-state index contributed by atoms with van der Waals surface area (Å²) in [6.07, 6.45) is 0.673. The van der Waals surface area contributed by atoms with Crippen molar-refractivity contribution >= 4 is 5.69 Å². The van der Waals surface area contributed by atoms with Gasteiger partial charge in [-0.2, -0.15) is 14.3 Å². The summed E-state index contributed by atoms with van der Waals surface area (Å²) in [7, 11) is 0. The molecule has 4 rings (SSSR count). The first-order chi connectivity index (χ1) is 11.7. The minimum Gasteiger partial charge on any atom is -0.459 e. The number of aromatic amines is 1. The fourth-order valence-corrected chi connectivity index (χ4v) is 3.16. The van der Waals surface area contributed by atoms with Crippen LogP contribution < -0.4 is 20.7 Å².